The smallest absolute Gasteiger partial charge is 0.254 e. The normalized spacial score (nSPS) is 16.1. The molecule has 1 aliphatic rings. The summed E-state index contributed by atoms with van der Waals surface area (Å²) in [7, 11) is 0. The van der Waals surface area contributed by atoms with Crippen LogP contribution in [0.2, 0.25) is 0 Å². The molecule has 3 heteroatoms. The van der Waals surface area contributed by atoms with E-state index in [0.717, 1.165) is 37.3 Å². The van der Waals surface area contributed by atoms with Gasteiger partial charge < -0.3 is 10.2 Å². The second-order valence-electron chi connectivity index (χ2n) is 5.58. The first-order chi connectivity index (χ1) is 9.67. The van der Waals surface area contributed by atoms with Crippen LogP contribution in [0.15, 0.2) is 18.2 Å². The molecule has 20 heavy (non-hydrogen) atoms. The number of nitrogens with zero attached hydrogens (tertiary/aromatic N) is 1. The van der Waals surface area contributed by atoms with Crippen LogP contribution in [0.25, 0.3) is 0 Å². The molecule has 1 saturated heterocycles. The first-order valence-electron chi connectivity index (χ1n) is 7.77. The minimum Gasteiger partial charge on any atom is -0.339 e. The van der Waals surface area contributed by atoms with Gasteiger partial charge >= 0.3 is 0 Å². The average molecular weight is 274 g/mol. The van der Waals surface area contributed by atoms with Gasteiger partial charge in [-0.25, -0.2) is 0 Å². The predicted molar refractivity (Wildman–Crippen MR) is 83.3 cm³/mol. The minimum absolute atomic E-state index is 0.170. The molecule has 1 aromatic carbocycles. The molecule has 110 valence electrons. The molecule has 0 aromatic heterocycles. The molecule has 1 aromatic rings. The fraction of sp³-hybridized carbons (Fsp3) is 0.588. The lowest BCUT2D eigenvalue weighted by molar-refractivity contribution is 0.0772. The van der Waals surface area contributed by atoms with Gasteiger partial charge in [0.05, 0.1) is 0 Å². The molecular weight excluding hydrogens is 248 g/mol. The SMILES string of the molecule is CCN(CC)C(=O)c1cc(C2CCNCC2)ccc1C. The lowest BCUT2D eigenvalue weighted by atomic mass is 9.88. The fourth-order valence-corrected chi connectivity index (χ4v) is 2.96. The van der Waals surface area contributed by atoms with Crippen molar-refractivity contribution >= 4 is 5.91 Å². The highest BCUT2D eigenvalue weighted by molar-refractivity contribution is 5.95. The van der Waals surface area contributed by atoms with Gasteiger partial charge in [-0.05, 0) is 69.8 Å². The van der Waals surface area contributed by atoms with Gasteiger partial charge in [-0.2, -0.15) is 0 Å². The Morgan fingerprint density at radius 2 is 1.90 bits per heavy atom. The predicted octanol–water partition coefficient (Wildman–Crippen LogP) is 2.94. The Labute approximate surface area is 122 Å². The fourth-order valence-electron chi connectivity index (χ4n) is 2.96. The van der Waals surface area contributed by atoms with E-state index >= 15 is 0 Å². The van der Waals surface area contributed by atoms with Crippen LogP contribution >= 0.6 is 0 Å². The van der Waals surface area contributed by atoms with Crippen molar-refractivity contribution in [1.82, 2.24) is 10.2 Å². The van der Waals surface area contributed by atoms with Crippen LogP contribution in [-0.4, -0.2) is 37.0 Å². The van der Waals surface area contributed by atoms with Crippen molar-refractivity contribution in [3.8, 4) is 0 Å². The van der Waals surface area contributed by atoms with Crippen LogP contribution in [0, 0.1) is 6.92 Å². The Bertz CT molecular complexity index is 460. The number of aryl methyl sites for hydroxylation is 1. The van der Waals surface area contributed by atoms with E-state index in [2.05, 4.69) is 23.5 Å². The lowest BCUT2D eigenvalue weighted by Crippen LogP contribution is -2.31. The number of hydrogen-bond donors (Lipinski definition) is 1. The first-order valence-corrected chi connectivity index (χ1v) is 7.77. The summed E-state index contributed by atoms with van der Waals surface area (Å²) in [4.78, 5) is 14.5. The number of piperidine rings is 1. The van der Waals surface area contributed by atoms with Gasteiger partial charge in [0.25, 0.3) is 5.91 Å². The quantitative estimate of drug-likeness (QED) is 0.915. The van der Waals surface area contributed by atoms with E-state index in [-0.39, 0.29) is 5.91 Å². The summed E-state index contributed by atoms with van der Waals surface area (Å²) in [5.74, 6) is 0.767. The topological polar surface area (TPSA) is 32.3 Å². The van der Waals surface area contributed by atoms with Crippen LogP contribution in [0.4, 0.5) is 0 Å². The summed E-state index contributed by atoms with van der Waals surface area (Å²) in [6, 6.07) is 6.43. The van der Waals surface area contributed by atoms with Crippen molar-refractivity contribution in [2.24, 2.45) is 0 Å². The summed E-state index contributed by atoms with van der Waals surface area (Å²) in [6.07, 6.45) is 2.34. The molecular formula is C17H26N2O. The highest BCUT2D eigenvalue weighted by Gasteiger charge is 2.19. The van der Waals surface area contributed by atoms with Gasteiger partial charge in [-0.3, -0.25) is 4.79 Å². The van der Waals surface area contributed by atoms with E-state index in [1.54, 1.807) is 0 Å². The van der Waals surface area contributed by atoms with Crippen molar-refractivity contribution in [2.45, 2.75) is 39.5 Å². The molecule has 0 unspecified atom stereocenters. The van der Waals surface area contributed by atoms with Gasteiger partial charge in [-0.15, -0.1) is 0 Å². The van der Waals surface area contributed by atoms with Crippen LogP contribution in [0.5, 0.6) is 0 Å². The van der Waals surface area contributed by atoms with Crippen LogP contribution in [0.3, 0.4) is 0 Å². The molecule has 1 heterocycles. The Hall–Kier alpha value is -1.35. The van der Waals surface area contributed by atoms with Gasteiger partial charge in [0.1, 0.15) is 0 Å². The zero-order valence-electron chi connectivity index (χ0n) is 12.9. The third kappa shape index (κ3) is 3.21. The molecule has 0 bridgehead atoms. The summed E-state index contributed by atoms with van der Waals surface area (Å²) >= 11 is 0. The standard InChI is InChI=1S/C17H26N2O/c1-4-19(5-2)17(20)16-12-15(7-6-13(16)3)14-8-10-18-11-9-14/h6-7,12,14,18H,4-5,8-11H2,1-3H3. The molecule has 1 amide bonds. The monoisotopic (exact) mass is 274 g/mol. The number of benzene rings is 1. The van der Waals surface area contributed by atoms with Crippen molar-refractivity contribution in [3.63, 3.8) is 0 Å². The summed E-state index contributed by atoms with van der Waals surface area (Å²) in [5.41, 5.74) is 3.29. The number of carbonyl (C=O) groups is 1. The van der Waals surface area contributed by atoms with Gasteiger partial charge in [-0.1, -0.05) is 12.1 Å². The molecule has 0 aliphatic carbocycles. The van der Waals surface area contributed by atoms with E-state index in [1.165, 1.54) is 18.4 Å². The van der Waals surface area contributed by atoms with E-state index in [9.17, 15) is 4.79 Å². The maximum Gasteiger partial charge on any atom is 0.254 e. The molecule has 1 N–H and O–H groups in total. The zero-order chi connectivity index (χ0) is 14.5. The second-order valence-corrected chi connectivity index (χ2v) is 5.58. The minimum atomic E-state index is 0.170. The Morgan fingerprint density at radius 3 is 2.50 bits per heavy atom. The van der Waals surface area contributed by atoms with Gasteiger partial charge in [0.15, 0.2) is 0 Å². The molecule has 0 saturated carbocycles. The van der Waals surface area contributed by atoms with Crippen molar-refractivity contribution in [2.75, 3.05) is 26.2 Å². The van der Waals surface area contributed by atoms with E-state index in [1.807, 2.05) is 25.7 Å². The Kier molecular flexibility index (Phi) is 5.18. The van der Waals surface area contributed by atoms with E-state index in [4.69, 9.17) is 0 Å². The molecule has 1 aliphatic heterocycles. The molecule has 0 radical (unpaired) electrons. The third-order valence-electron chi connectivity index (χ3n) is 4.35. The van der Waals surface area contributed by atoms with Crippen molar-refractivity contribution in [3.05, 3.63) is 34.9 Å². The zero-order valence-corrected chi connectivity index (χ0v) is 12.9. The van der Waals surface area contributed by atoms with Gasteiger partial charge in [0, 0.05) is 18.7 Å². The average Bonchev–Trinajstić information content (AvgIpc) is 2.49. The Morgan fingerprint density at radius 1 is 1.25 bits per heavy atom. The molecule has 0 spiro atoms. The van der Waals surface area contributed by atoms with E-state index in [0.29, 0.717) is 5.92 Å². The van der Waals surface area contributed by atoms with Crippen LogP contribution in [-0.2, 0) is 0 Å². The second kappa shape index (κ2) is 6.89. The van der Waals surface area contributed by atoms with Crippen molar-refractivity contribution < 1.29 is 4.79 Å². The highest BCUT2D eigenvalue weighted by Crippen LogP contribution is 2.27. The first kappa shape index (κ1) is 15.0. The lowest BCUT2D eigenvalue weighted by Gasteiger charge is -2.25. The number of amides is 1. The van der Waals surface area contributed by atoms with Crippen LogP contribution < -0.4 is 5.32 Å². The summed E-state index contributed by atoms with van der Waals surface area (Å²) in [5, 5.41) is 3.39. The molecule has 1 fully saturated rings. The maximum atomic E-state index is 12.6. The number of carbonyl (C=O) groups excluding carboxylic acids is 1. The number of nitrogens with one attached hydrogen (secondary N) is 1. The maximum absolute atomic E-state index is 12.6. The summed E-state index contributed by atoms with van der Waals surface area (Å²) < 4.78 is 0. The molecule has 2 rings (SSSR count). The van der Waals surface area contributed by atoms with Crippen molar-refractivity contribution in [1.29, 1.82) is 0 Å². The van der Waals surface area contributed by atoms with E-state index < -0.39 is 0 Å². The van der Waals surface area contributed by atoms with Gasteiger partial charge in [0.2, 0.25) is 0 Å². The summed E-state index contributed by atoms with van der Waals surface area (Å²) in [6.45, 7) is 9.80. The highest BCUT2D eigenvalue weighted by atomic mass is 16.2. The number of hydrogen-bond acceptors (Lipinski definition) is 2. The molecule has 3 nitrogen and oxygen atoms in total. The Balaban J connectivity index is 2.26. The third-order valence-corrected chi connectivity index (χ3v) is 4.35. The largest absolute Gasteiger partial charge is 0.339 e. The molecule has 0 atom stereocenters. The number of rotatable bonds is 4. The van der Waals surface area contributed by atoms with Crippen LogP contribution in [0.1, 0.15) is 54.1 Å².